The van der Waals surface area contributed by atoms with E-state index in [0.29, 0.717) is 5.75 Å². The zero-order chi connectivity index (χ0) is 25.6. The lowest BCUT2D eigenvalue weighted by Gasteiger charge is -2.49. The average molecular weight is 481 g/mol. The van der Waals surface area contributed by atoms with E-state index in [9.17, 15) is 19.2 Å². The van der Waals surface area contributed by atoms with Crippen LogP contribution in [0, 0.1) is 6.92 Å². The summed E-state index contributed by atoms with van der Waals surface area (Å²) in [5, 5.41) is 0. The summed E-state index contributed by atoms with van der Waals surface area (Å²) in [5.41, 5.74) is 6.05. The maximum atomic E-state index is 12.0. The fourth-order valence-corrected chi connectivity index (χ4v) is 3.58. The second-order valence-electron chi connectivity index (χ2n) is 7.93. The van der Waals surface area contributed by atoms with Crippen molar-refractivity contribution in [1.82, 2.24) is 0 Å². The fourth-order valence-electron chi connectivity index (χ4n) is 3.58. The van der Waals surface area contributed by atoms with Crippen molar-refractivity contribution in [3.63, 3.8) is 0 Å². The summed E-state index contributed by atoms with van der Waals surface area (Å²) in [7, 11) is 0. The first-order valence-corrected chi connectivity index (χ1v) is 10.7. The Morgan fingerprint density at radius 1 is 1.00 bits per heavy atom. The van der Waals surface area contributed by atoms with Crippen LogP contribution in [0.1, 0.15) is 45.7 Å². The van der Waals surface area contributed by atoms with Crippen LogP contribution in [0.3, 0.4) is 0 Å². The van der Waals surface area contributed by atoms with E-state index in [4.69, 9.17) is 34.2 Å². The molecule has 0 saturated carbocycles. The highest BCUT2D eigenvalue weighted by atomic mass is 16.7. The summed E-state index contributed by atoms with van der Waals surface area (Å²) >= 11 is 0. The van der Waals surface area contributed by atoms with Gasteiger partial charge in [-0.15, -0.1) is 0 Å². The minimum Gasteiger partial charge on any atom is -0.463 e. The molecule has 0 aromatic heterocycles. The molecule has 1 aromatic rings. The molecule has 1 aromatic carbocycles. The molecule has 5 unspecified atom stereocenters. The first kappa shape index (κ1) is 27.1. The van der Waals surface area contributed by atoms with E-state index in [2.05, 4.69) is 0 Å². The van der Waals surface area contributed by atoms with E-state index in [1.165, 1.54) is 6.92 Å². The molecular formula is C23H31NO10. The number of carbonyl (C=O) groups is 4. The van der Waals surface area contributed by atoms with Crippen molar-refractivity contribution in [3.8, 4) is 5.75 Å². The first-order chi connectivity index (χ1) is 15.9. The summed E-state index contributed by atoms with van der Waals surface area (Å²) in [5.74, 6) is -2.63. The van der Waals surface area contributed by atoms with Crippen LogP contribution in [0.25, 0.3) is 0 Å². The Hall–Kier alpha value is -3.18. The molecule has 1 aliphatic rings. The predicted molar refractivity (Wildman–Crippen MR) is 116 cm³/mol. The van der Waals surface area contributed by atoms with Crippen LogP contribution in [0.4, 0.5) is 0 Å². The molecule has 5 atom stereocenters. The smallest absolute Gasteiger partial charge is 0.304 e. The van der Waals surface area contributed by atoms with Gasteiger partial charge in [-0.05, 0) is 30.5 Å². The largest absolute Gasteiger partial charge is 0.463 e. The van der Waals surface area contributed by atoms with Gasteiger partial charge in [0.15, 0.2) is 6.10 Å². The lowest BCUT2D eigenvalue weighted by atomic mass is 9.93. The van der Waals surface area contributed by atoms with Crippen LogP contribution in [0.5, 0.6) is 5.75 Å². The molecule has 0 bridgehead atoms. The molecular weight excluding hydrogens is 450 g/mol. The molecule has 0 radical (unpaired) electrons. The Morgan fingerprint density at radius 2 is 1.65 bits per heavy atom. The van der Waals surface area contributed by atoms with Gasteiger partial charge >= 0.3 is 23.9 Å². The molecule has 2 N–H and O–H groups in total. The zero-order valence-electron chi connectivity index (χ0n) is 20.1. The van der Waals surface area contributed by atoms with Gasteiger partial charge in [-0.3, -0.25) is 24.9 Å². The highest BCUT2D eigenvalue weighted by Crippen LogP contribution is 2.36. The average Bonchev–Trinajstić information content (AvgIpc) is 2.71. The second kappa shape index (κ2) is 11.3. The van der Waals surface area contributed by atoms with E-state index in [-0.39, 0.29) is 6.61 Å². The summed E-state index contributed by atoms with van der Waals surface area (Å²) in [6.45, 7) is 7.95. The van der Waals surface area contributed by atoms with Gasteiger partial charge in [-0.2, -0.15) is 0 Å². The molecule has 1 fully saturated rings. The standard InChI is InChI=1S/C23H31NO10/c1-7-17-8-9-18(12(2)10-17)32-22-23(24,34-16(6)28)21(31-15(5)27)20(30-14(4)26)19(33-22)11-29-13(3)25/h8-10,19-22H,7,11,24H2,1-6H3. The van der Waals surface area contributed by atoms with Crippen LogP contribution >= 0.6 is 0 Å². The number of benzene rings is 1. The number of hydrogen-bond donors (Lipinski definition) is 1. The molecule has 0 spiro atoms. The lowest BCUT2D eigenvalue weighted by Crippen LogP contribution is -2.75. The Morgan fingerprint density at radius 3 is 2.15 bits per heavy atom. The van der Waals surface area contributed by atoms with E-state index in [1.807, 2.05) is 26.0 Å². The minimum absolute atomic E-state index is 0.364. The Kier molecular flexibility index (Phi) is 9.00. The van der Waals surface area contributed by atoms with Crippen LogP contribution in [0.15, 0.2) is 18.2 Å². The van der Waals surface area contributed by atoms with Gasteiger partial charge in [0.2, 0.25) is 6.10 Å². The van der Waals surface area contributed by atoms with Crippen molar-refractivity contribution in [2.24, 2.45) is 5.73 Å². The van der Waals surface area contributed by atoms with Crippen LogP contribution < -0.4 is 10.5 Å². The van der Waals surface area contributed by atoms with Gasteiger partial charge < -0.3 is 28.4 Å². The van der Waals surface area contributed by atoms with E-state index >= 15 is 0 Å². The third-order valence-electron chi connectivity index (χ3n) is 5.02. The van der Waals surface area contributed by atoms with Crippen LogP contribution in [0.2, 0.25) is 0 Å². The minimum atomic E-state index is -2.22. The molecule has 11 nitrogen and oxygen atoms in total. The normalized spacial score (nSPS) is 26.2. The third kappa shape index (κ3) is 6.67. The highest BCUT2D eigenvalue weighted by Gasteiger charge is 2.62. The van der Waals surface area contributed by atoms with E-state index < -0.39 is 54.2 Å². The molecule has 0 aliphatic carbocycles. The molecule has 1 aliphatic heterocycles. The maximum Gasteiger partial charge on any atom is 0.304 e. The Labute approximate surface area is 197 Å². The summed E-state index contributed by atoms with van der Waals surface area (Å²) in [6.07, 6.45) is -4.82. The quantitative estimate of drug-likeness (QED) is 0.325. The number of nitrogens with two attached hydrogens (primary N) is 1. The molecule has 1 saturated heterocycles. The molecule has 188 valence electrons. The Bertz CT molecular complexity index is 932. The van der Waals surface area contributed by atoms with Gasteiger partial charge in [0, 0.05) is 27.7 Å². The first-order valence-electron chi connectivity index (χ1n) is 10.7. The lowest BCUT2D eigenvalue weighted by molar-refractivity contribution is -0.325. The predicted octanol–water partition coefficient (Wildman–Crippen LogP) is 1.31. The Balaban J connectivity index is 2.57. The number of hydrogen-bond acceptors (Lipinski definition) is 11. The van der Waals surface area contributed by atoms with Crippen molar-refractivity contribution in [2.75, 3.05) is 6.61 Å². The summed E-state index contributed by atoms with van der Waals surface area (Å²) < 4.78 is 33.0. The van der Waals surface area contributed by atoms with Gasteiger partial charge in [0.05, 0.1) is 0 Å². The second-order valence-corrected chi connectivity index (χ2v) is 7.93. The SMILES string of the molecule is CCc1ccc(OC2OC(COC(C)=O)C(OC(C)=O)C(OC(C)=O)C2(N)OC(C)=O)c(C)c1. The van der Waals surface area contributed by atoms with E-state index in [1.54, 1.807) is 6.07 Å². The molecule has 0 amide bonds. The molecule has 2 rings (SSSR count). The third-order valence-corrected chi connectivity index (χ3v) is 5.02. The maximum absolute atomic E-state index is 12.0. The topological polar surface area (TPSA) is 150 Å². The van der Waals surface area contributed by atoms with Crippen LogP contribution in [-0.2, 0) is 49.3 Å². The number of esters is 4. The van der Waals surface area contributed by atoms with Crippen molar-refractivity contribution in [2.45, 2.75) is 78.3 Å². The molecule has 34 heavy (non-hydrogen) atoms. The number of carbonyl (C=O) groups excluding carboxylic acids is 4. The van der Waals surface area contributed by atoms with Gasteiger partial charge in [0.25, 0.3) is 12.0 Å². The van der Waals surface area contributed by atoms with Gasteiger partial charge in [-0.25, -0.2) is 0 Å². The van der Waals surface area contributed by atoms with Crippen molar-refractivity contribution in [1.29, 1.82) is 0 Å². The molecule has 1 heterocycles. The monoisotopic (exact) mass is 481 g/mol. The number of ether oxygens (including phenoxy) is 6. The van der Waals surface area contributed by atoms with Crippen molar-refractivity contribution < 1.29 is 47.6 Å². The molecule has 11 heteroatoms. The number of rotatable bonds is 8. The van der Waals surface area contributed by atoms with Crippen molar-refractivity contribution in [3.05, 3.63) is 29.3 Å². The van der Waals surface area contributed by atoms with Gasteiger partial charge in [-0.1, -0.05) is 19.1 Å². The van der Waals surface area contributed by atoms with Gasteiger partial charge in [0.1, 0.15) is 18.5 Å². The fraction of sp³-hybridized carbons (Fsp3) is 0.565. The van der Waals surface area contributed by atoms with Crippen LogP contribution in [-0.4, -0.2) is 60.8 Å². The zero-order valence-corrected chi connectivity index (χ0v) is 20.1. The highest BCUT2D eigenvalue weighted by molar-refractivity contribution is 5.69. The number of aryl methyl sites for hydroxylation is 2. The van der Waals surface area contributed by atoms with E-state index in [0.717, 1.165) is 38.3 Å². The summed E-state index contributed by atoms with van der Waals surface area (Å²) in [6, 6.07) is 5.45. The summed E-state index contributed by atoms with van der Waals surface area (Å²) in [4.78, 5) is 47.2. The van der Waals surface area contributed by atoms with Crippen molar-refractivity contribution >= 4 is 23.9 Å².